The van der Waals surface area contributed by atoms with E-state index in [1.807, 2.05) is 19.9 Å². The standard InChI is InChI=1S/C14H15FN4O2.C2H6/c1-4-16-17-18(3)8-12-9-19(14(20)21-12)11-6-5-10(2)13(15)7-11;1-2/h1,5-7,12H,8-9H2,2-3H3;1-2H3. The number of likely N-dealkylation sites (N-methyl/N-ethyl adjacent to an activating group) is 1. The quantitative estimate of drug-likeness (QED) is 0.485. The first-order chi connectivity index (χ1) is 11.0. The number of anilines is 1. The van der Waals surface area contributed by atoms with Crippen LogP contribution in [0.1, 0.15) is 19.4 Å². The fourth-order valence-electron chi connectivity index (χ4n) is 2.01. The van der Waals surface area contributed by atoms with Crippen LogP contribution in [0.2, 0.25) is 0 Å². The first kappa shape index (κ1) is 18.4. The highest BCUT2D eigenvalue weighted by atomic mass is 19.1. The molecule has 0 aromatic heterocycles. The van der Waals surface area contributed by atoms with E-state index in [0.717, 1.165) is 0 Å². The normalized spacial score (nSPS) is 16.6. The molecule has 1 aliphatic heterocycles. The van der Waals surface area contributed by atoms with E-state index in [4.69, 9.17) is 11.2 Å². The number of nitrogens with zero attached hydrogens (tertiary/aromatic N) is 4. The van der Waals surface area contributed by atoms with Gasteiger partial charge in [0.15, 0.2) is 0 Å². The molecular weight excluding hydrogens is 299 g/mol. The van der Waals surface area contributed by atoms with Gasteiger partial charge in [-0.3, -0.25) is 9.91 Å². The molecular formula is C16H21FN4O2. The van der Waals surface area contributed by atoms with Gasteiger partial charge in [0.1, 0.15) is 11.9 Å². The van der Waals surface area contributed by atoms with Crippen molar-refractivity contribution < 1.29 is 13.9 Å². The molecule has 0 aliphatic carbocycles. The molecule has 1 aromatic rings. The summed E-state index contributed by atoms with van der Waals surface area (Å²) in [6.45, 7) is 6.33. The van der Waals surface area contributed by atoms with Crippen molar-refractivity contribution >= 4 is 11.8 Å². The van der Waals surface area contributed by atoms with Gasteiger partial charge in [-0.25, -0.2) is 9.18 Å². The highest BCUT2D eigenvalue weighted by molar-refractivity contribution is 5.89. The predicted octanol–water partition coefficient (Wildman–Crippen LogP) is 3.38. The monoisotopic (exact) mass is 320 g/mol. The average Bonchev–Trinajstić information content (AvgIpc) is 2.90. The minimum absolute atomic E-state index is 0.317. The van der Waals surface area contributed by atoms with Crippen molar-refractivity contribution in [1.82, 2.24) is 5.01 Å². The minimum atomic E-state index is -0.509. The Morgan fingerprint density at radius 1 is 1.52 bits per heavy atom. The van der Waals surface area contributed by atoms with Crippen molar-refractivity contribution in [3.63, 3.8) is 0 Å². The zero-order chi connectivity index (χ0) is 17.4. The predicted molar refractivity (Wildman–Crippen MR) is 86.4 cm³/mol. The first-order valence-electron chi connectivity index (χ1n) is 7.33. The lowest BCUT2D eigenvalue weighted by molar-refractivity contribution is 0.116. The van der Waals surface area contributed by atoms with Gasteiger partial charge in [0, 0.05) is 7.05 Å². The largest absolute Gasteiger partial charge is 0.442 e. The number of hydrogen-bond donors (Lipinski definition) is 0. The summed E-state index contributed by atoms with van der Waals surface area (Å²) < 4.78 is 18.8. The molecule has 124 valence electrons. The van der Waals surface area contributed by atoms with Crippen molar-refractivity contribution in [2.24, 2.45) is 10.3 Å². The van der Waals surface area contributed by atoms with E-state index in [-0.39, 0.29) is 11.9 Å². The van der Waals surface area contributed by atoms with Gasteiger partial charge in [0.25, 0.3) is 0 Å². The van der Waals surface area contributed by atoms with Crippen molar-refractivity contribution in [3.05, 3.63) is 29.6 Å². The second kappa shape index (κ2) is 8.73. The summed E-state index contributed by atoms with van der Waals surface area (Å²) in [6, 6.07) is 6.66. The summed E-state index contributed by atoms with van der Waals surface area (Å²) >= 11 is 0. The number of rotatable bonds is 4. The third-order valence-corrected chi connectivity index (χ3v) is 3.06. The summed E-state index contributed by atoms with van der Waals surface area (Å²) in [7, 11) is 1.67. The lowest BCUT2D eigenvalue weighted by Crippen LogP contribution is -2.29. The number of hydrogen-bond acceptors (Lipinski definition) is 4. The summed E-state index contributed by atoms with van der Waals surface area (Å²) in [4.78, 5) is 13.2. The highest BCUT2D eigenvalue weighted by Gasteiger charge is 2.33. The van der Waals surface area contributed by atoms with Gasteiger partial charge in [0.05, 0.1) is 24.8 Å². The molecule has 1 unspecified atom stereocenters. The molecule has 1 saturated heterocycles. The Morgan fingerprint density at radius 2 is 2.22 bits per heavy atom. The Labute approximate surface area is 135 Å². The number of terminal acetylenes is 1. The second-order valence-electron chi connectivity index (χ2n) is 4.71. The molecule has 0 N–H and O–H groups in total. The van der Waals surface area contributed by atoms with E-state index in [0.29, 0.717) is 24.3 Å². The van der Waals surface area contributed by atoms with E-state index in [2.05, 4.69) is 10.3 Å². The van der Waals surface area contributed by atoms with Gasteiger partial charge < -0.3 is 4.74 Å². The second-order valence-corrected chi connectivity index (χ2v) is 4.71. The van der Waals surface area contributed by atoms with Crippen LogP contribution < -0.4 is 4.90 Å². The van der Waals surface area contributed by atoms with Crippen molar-refractivity contribution in [2.75, 3.05) is 25.0 Å². The molecule has 0 saturated carbocycles. The summed E-state index contributed by atoms with van der Waals surface area (Å²) in [5.74, 6) is -0.358. The van der Waals surface area contributed by atoms with Crippen LogP contribution in [0, 0.1) is 25.2 Å². The number of carbonyl (C=O) groups is 1. The van der Waals surface area contributed by atoms with Crippen LogP contribution in [0.15, 0.2) is 28.5 Å². The molecule has 0 bridgehead atoms. The first-order valence-corrected chi connectivity index (χ1v) is 7.33. The number of amides is 1. The van der Waals surface area contributed by atoms with Crippen LogP contribution in [0.3, 0.4) is 0 Å². The SMILES string of the molecule is C#CN=NN(C)CC1CN(c2ccc(C)c(F)c2)C(=O)O1.CC. The zero-order valence-corrected chi connectivity index (χ0v) is 13.8. The molecule has 23 heavy (non-hydrogen) atoms. The van der Waals surface area contributed by atoms with Gasteiger partial charge in [-0.15, -0.1) is 0 Å². The molecule has 2 rings (SSSR count). The van der Waals surface area contributed by atoms with Gasteiger partial charge in [-0.1, -0.05) is 36.7 Å². The Morgan fingerprint density at radius 3 is 2.83 bits per heavy atom. The van der Waals surface area contributed by atoms with Gasteiger partial charge in [-0.2, -0.15) is 0 Å². The van der Waals surface area contributed by atoms with Crippen molar-refractivity contribution in [3.8, 4) is 12.5 Å². The van der Waals surface area contributed by atoms with Crippen LogP contribution in [-0.4, -0.2) is 37.3 Å². The lowest BCUT2D eigenvalue weighted by Gasteiger charge is -2.15. The Hall–Kier alpha value is -2.62. The average molecular weight is 320 g/mol. The molecule has 1 atom stereocenters. The molecule has 0 spiro atoms. The molecule has 1 amide bonds. The van der Waals surface area contributed by atoms with Crippen molar-refractivity contribution in [1.29, 1.82) is 0 Å². The number of aryl methyl sites for hydroxylation is 1. The van der Waals surface area contributed by atoms with Gasteiger partial charge in [-0.05, 0) is 24.6 Å². The summed E-state index contributed by atoms with van der Waals surface area (Å²) in [6.07, 6.45) is 4.07. The number of cyclic esters (lactones) is 1. The van der Waals surface area contributed by atoms with E-state index in [1.165, 1.54) is 16.0 Å². The number of carbonyl (C=O) groups excluding carboxylic acids is 1. The molecule has 0 radical (unpaired) electrons. The zero-order valence-electron chi connectivity index (χ0n) is 13.8. The third kappa shape index (κ3) is 4.95. The Bertz CT molecular complexity index is 613. The van der Waals surface area contributed by atoms with Crippen molar-refractivity contribution in [2.45, 2.75) is 26.9 Å². The maximum absolute atomic E-state index is 13.6. The Balaban J connectivity index is 0.00000127. The van der Waals surface area contributed by atoms with E-state index in [1.54, 1.807) is 26.1 Å². The highest BCUT2D eigenvalue weighted by Crippen LogP contribution is 2.24. The number of halogens is 1. The third-order valence-electron chi connectivity index (χ3n) is 3.06. The topological polar surface area (TPSA) is 57.5 Å². The summed E-state index contributed by atoms with van der Waals surface area (Å²) in [5.41, 5.74) is 0.996. The van der Waals surface area contributed by atoms with Gasteiger partial charge in [0.2, 0.25) is 0 Å². The fraction of sp³-hybridized carbons (Fsp3) is 0.438. The summed E-state index contributed by atoms with van der Waals surface area (Å²) in [5, 5.41) is 8.60. The maximum atomic E-state index is 13.6. The molecule has 1 aliphatic rings. The minimum Gasteiger partial charge on any atom is -0.442 e. The van der Waals surface area contributed by atoms with Crippen LogP contribution >= 0.6 is 0 Å². The molecule has 1 heterocycles. The molecule has 7 heteroatoms. The van der Waals surface area contributed by atoms with Crippen LogP contribution in [0.25, 0.3) is 0 Å². The fourth-order valence-corrected chi connectivity index (χ4v) is 2.01. The van der Waals surface area contributed by atoms with E-state index >= 15 is 0 Å². The van der Waals surface area contributed by atoms with E-state index < -0.39 is 6.09 Å². The molecule has 6 nitrogen and oxygen atoms in total. The van der Waals surface area contributed by atoms with Crippen LogP contribution in [-0.2, 0) is 4.74 Å². The maximum Gasteiger partial charge on any atom is 0.414 e. The molecule has 1 aromatic carbocycles. The van der Waals surface area contributed by atoms with Crippen LogP contribution in [0.5, 0.6) is 0 Å². The number of benzene rings is 1. The smallest absolute Gasteiger partial charge is 0.414 e. The Kier molecular flexibility index (Phi) is 7.00. The molecule has 1 fully saturated rings. The number of ether oxygens (including phenoxy) is 1. The van der Waals surface area contributed by atoms with Gasteiger partial charge >= 0.3 is 6.09 Å². The lowest BCUT2D eigenvalue weighted by atomic mass is 10.2. The van der Waals surface area contributed by atoms with Crippen LogP contribution in [0.4, 0.5) is 14.9 Å². The van der Waals surface area contributed by atoms with E-state index in [9.17, 15) is 9.18 Å².